The fraction of sp³-hybridized carbons (Fsp3) is 0.643. The minimum atomic E-state index is -0.356. The predicted molar refractivity (Wildman–Crippen MR) is 82.9 cm³/mol. The van der Waals surface area contributed by atoms with Crippen LogP contribution >= 0.6 is 23.7 Å². The number of nitrogens with one attached hydrogen (secondary N) is 1. The molecule has 1 aliphatic rings. The lowest BCUT2D eigenvalue weighted by Gasteiger charge is -2.37. The zero-order chi connectivity index (χ0) is 13.0. The van der Waals surface area contributed by atoms with Gasteiger partial charge in [-0.05, 0) is 51.1 Å². The number of rotatable bonds is 4. The van der Waals surface area contributed by atoms with Gasteiger partial charge < -0.3 is 10.2 Å². The summed E-state index contributed by atoms with van der Waals surface area (Å²) in [4.78, 5) is 15.9. The molecule has 1 atom stereocenters. The summed E-state index contributed by atoms with van der Waals surface area (Å²) >= 11 is 1.72. The van der Waals surface area contributed by atoms with Gasteiger partial charge in [0.2, 0.25) is 5.91 Å². The summed E-state index contributed by atoms with van der Waals surface area (Å²) in [5.74, 6) is 0.248. The van der Waals surface area contributed by atoms with Crippen LogP contribution in [0.4, 0.5) is 0 Å². The lowest BCUT2D eigenvalue weighted by Crippen LogP contribution is -2.57. The maximum Gasteiger partial charge on any atom is 0.242 e. The van der Waals surface area contributed by atoms with E-state index in [4.69, 9.17) is 0 Å². The van der Waals surface area contributed by atoms with E-state index < -0.39 is 0 Å². The molecule has 1 aliphatic heterocycles. The van der Waals surface area contributed by atoms with Crippen molar-refractivity contribution in [3.05, 3.63) is 22.4 Å². The summed E-state index contributed by atoms with van der Waals surface area (Å²) in [7, 11) is 0. The van der Waals surface area contributed by atoms with Crippen LogP contribution in [0.5, 0.6) is 0 Å². The number of amides is 1. The molecule has 1 aromatic heterocycles. The first-order chi connectivity index (χ1) is 8.65. The third-order valence-electron chi connectivity index (χ3n) is 3.69. The van der Waals surface area contributed by atoms with E-state index in [0.29, 0.717) is 0 Å². The Kier molecular flexibility index (Phi) is 6.30. The third-order valence-corrected chi connectivity index (χ3v) is 4.55. The Balaban J connectivity index is 0.00000180. The lowest BCUT2D eigenvalue weighted by atomic mass is 9.89. The fourth-order valence-electron chi connectivity index (χ4n) is 2.51. The van der Waals surface area contributed by atoms with Gasteiger partial charge in [-0.15, -0.1) is 23.7 Å². The highest BCUT2D eigenvalue weighted by molar-refractivity contribution is 7.09. The van der Waals surface area contributed by atoms with Gasteiger partial charge in [0, 0.05) is 11.4 Å². The maximum atomic E-state index is 12.6. The molecule has 0 aromatic carbocycles. The van der Waals surface area contributed by atoms with Crippen LogP contribution in [-0.4, -0.2) is 29.4 Å². The molecule has 19 heavy (non-hydrogen) atoms. The third kappa shape index (κ3) is 3.94. The van der Waals surface area contributed by atoms with Crippen LogP contribution in [0.3, 0.4) is 0 Å². The molecular formula is C14H23ClN2OS. The van der Waals surface area contributed by atoms with Gasteiger partial charge in [-0.3, -0.25) is 4.79 Å². The second kappa shape index (κ2) is 7.27. The number of likely N-dealkylation sites (N-methyl/N-ethyl adjacent to an activating group) is 1. The van der Waals surface area contributed by atoms with Crippen LogP contribution in [0.2, 0.25) is 0 Å². The van der Waals surface area contributed by atoms with Gasteiger partial charge in [0.15, 0.2) is 0 Å². The molecular weight excluding hydrogens is 280 g/mol. The topological polar surface area (TPSA) is 32.3 Å². The molecule has 2 heterocycles. The van der Waals surface area contributed by atoms with Crippen molar-refractivity contribution >= 4 is 29.7 Å². The first kappa shape index (κ1) is 16.5. The Morgan fingerprint density at radius 1 is 1.53 bits per heavy atom. The van der Waals surface area contributed by atoms with Crippen LogP contribution in [-0.2, 0) is 11.3 Å². The normalized spacial score (nSPS) is 22.6. The first-order valence-electron chi connectivity index (χ1n) is 6.72. The van der Waals surface area contributed by atoms with Gasteiger partial charge in [-0.1, -0.05) is 6.07 Å². The average molecular weight is 303 g/mol. The van der Waals surface area contributed by atoms with Gasteiger partial charge in [-0.25, -0.2) is 0 Å². The van der Waals surface area contributed by atoms with E-state index in [0.717, 1.165) is 32.5 Å². The van der Waals surface area contributed by atoms with Gasteiger partial charge in [0.05, 0.1) is 12.1 Å². The molecule has 0 saturated carbocycles. The minimum absolute atomic E-state index is 0. The minimum Gasteiger partial charge on any atom is -0.336 e. The lowest BCUT2D eigenvalue weighted by molar-refractivity contribution is -0.139. The number of thiophene rings is 1. The highest BCUT2D eigenvalue weighted by Crippen LogP contribution is 2.23. The molecule has 0 spiro atoms. The molecule has 108 valence electrons. The van der Waals surface area contributed by atoms with Gasteiger partial charge in [0.25, 0.3) is 0 Å². The molecule has 0 bridgehead atoms. The van der Waals surface area contributed by atoms with E-state index in [1.165, 1.54) is 11.3 Å². The molecule has 1 N–H and O–H groups in total. The van der Waals surface area contributed by atoms with E-state index in [1.54, 1.807) is 11.3 Å². The molecule has 3 nitrogen and oxygen atoms in total. The van der Waals surface area contributed by atoms with Crippen LogP contribution in [0.1, 0.15) is 38.0 Å². The summed E-state index contributed by atoms with van der Waals surface area (Å²) in [6, 6.07) is 4.14. The first-order valence-corrected chi connectivity index (χ1v) is 7.60. The second-order valence-corrected chi connectivity index (χ2v) is 6.15. The standard InChI is InChI=1S/C14H22N2OS.ClH/c1-3-16(11-12-7-6-10-18-12)13(17)14(2)8-4-5-9-15-14;/h6-7,10,15H,3-5,8-9,11H2,1-2H3;1H. The van der Waals surface area contributed by atoms with Crippen molar-refractivity contribution < 1.29 is 4.79 Å². The van der Waals surface area contributed by atoms with Crippen molar-refractivity contribution in [2.75, 3.05) is 13.1 Å². The van der Waals surface area contributed by atoms with Crippen molar-refractivity contribution in [1.29, 1.82) is 0 Å². The zero-order valence-electron chi connectivity index (χ0n) is 11.6. The monoisotopic (exact) mass is 302 g/mol. The van der Waals surface area contributed by atoms with E-state index in [2.05, 4.69) is 23.7 Å². The molecule has 5 heteroatoms. The molecule has 1 saturated heterocycles. The average Bonchev–Trinajstić information content (AvgIpc) is 2.89. The van der Waals surface area contributed by atoms with Crippen LogP contribution in [0.15, 0.2) is 17.5 Å². The van der Waals surface area contributed by atoms with Crippen molar-refractivity contribution in [3.63, 3.8) is 0 Å². The highest BCUT2D eigenvalue weighted by Gasteiger charge is 2.36. The molecule has 1 fully saturated rings. The van der Waals surface area contributed by atoms with Crippen LogP contribution in [0, 0.1) is 0 Å². The maximum absolute atomic E-state index is 12.6. The number of piperidine rings is 1. The second-order valence-electron chi connectivity index (χ2n) is 5.11. The predicted octanol–water partition coefficient (Wildman–Crippen LogP) is 3.05. The Hall–Kier alpha value is -0.580. The Bertz CT molecular complexity index is 388. The summed E-state index contributed by atoms with van der Waals surface area (Å²) in [6.45, 7) is 6.57. The van der Waals surface area contributed by atoms with Crippen LogP contribution < -0.4 is 5.32 Å². The highest BCUT2D eigenvalue weighted by atomic mass is 35.5. The van der Waals surface area contributed by atoms with Crippen molar-refractivity contribution in [2.24, 2.45) is 0 Å². The molecule has 1 aromatic rings. The van der Waals surface area contributed by atoms with Gasteiger partial charge in [-0.2, -0.15) is 0 Å². The molecule has 0 aliphatic carbocycles. The largest absolute Gasteiger partial charge is 0.336 e. The Morgan fingerprint density at radius 3 is 2.84 bits per heavy atom. The van der Waals surface area contributed by atoms with E-state index in [9.17, 15) is 4.79 Å². The molecule has 2 rings (SSSR count). The van der Waals surface area contributed by atoms with Crippen molar-refractivity contribution in [3.8, 4) is 0 Å². The summed E-state index contributed by atoms with van der Waals surface area (Å²) in [5.41, 5.74) is -0.356. The smallest absolute Gasteiger partial charge is 0.242 e. The van der Waals surface area contributed by atoms with Gasteiger partial charge in [0.1, 0.15) is 0 Å². The van der Waals surface area contributed by atoms with Crippen molar-refractivity contribution in [2.45, 2.75) is 45.2 Å². The van der Waals surface area contributed by atoms with E-state index >= 15 is 0 Å². The fourth-order valence-corrected chi connectivity index (χ4v) is 3.23. The van der Waals surface area contributed by atoms with E-state index in [1.807, 2.05) is 17.9 Å². The molecule has 1 unspecified atom stereocenters. The zero-order valence-corrected chi connectivity index (χ0v) is 13.3. The number of nitrogens with zero attached hydrogens (tertiary/aromatic N) is 1. The van der Waals surface area contributed by atoms with E-state index in [-0.39, 0.29) is 23.9 Å². The number of carbonyl (C=O) groups is 1. The number of carbonyl (C=O) groups excluding carboxylic acids is 1. The summed E-state index contributed by atoms with van der Waals surface area (Å²) < 4.78 is 0. The van der Waals surface area contributed by atoms with Crippen LogP contribution in [0.25, 0.3) is 0 Å². The summed E-state index contributed by atoms with van der Waals surface area (Å²) in [6.07, 6.45) is 3.28. The molecule has 0 radical (unpaired) electrons. The number of hydrogen-bond acceptors (Lipinski definition) is 3. The Labute approximate surface area is 125 Å². The number of halogens is 1. The number of hydrogen-bond donors (Lipinski definition) is 1. The Morgan fingerprint density at radius 2 is 2.32 bits per heavy atom. The SMILES string of the molecule is CCN(Cc1cccs1)C(=O)C1(C)CCCCN1.Cl. The quantitative estimate of drug-likeness (QED) is 0.927. The summed E-state index contributed by atoms with van der Waals surface area (Å²) in [5, 5.41) is 5.47. The van der Waals surface area contributed by atoms with Crippen molar-refractivity contribution in [1.82, 2.24) is 10.2 Å². The van der Waals surface area contributed by atoms with Gasteiger partial charge >= 0.3 is 0 Å². The molecule has 1 amide bonds.